The van der Waals surface area contributed by atoms with Gasteiger partial charge in [0.05, 0.1) is 0 Å². The van der Waals surface area contributed by atoms with Crippen molar-refractivity contribution in [1.29, 1.82) is 0 Å². The number of hydrogen-bond acceptors (Lipinski definition) is 1. The Morgan fingerprint density at radius 3 is 2.19 bits per heavy atom. The van der Waals surface area contributed by atoms with Gasteiger partial charge in [0, 0.05) is 6.61 Å². The van der Waals surface area contributed by atoms with Crippen LogP contribution in [0.3, 0.4) is 0 Å². The van der Waals surface area contributed by atoms with Gasteiger partial charge in [0.2, 0.25) is 0 Å². The topological polar surface area (TPSA) is 20.2 Å². The summed E-state index contributed by atoms with van der Waals surface area (Å²) < 4.78 is 0. The van der Waals surface area contributed by atoms with Crippen LogP contribution in [0.25, 0.3) is 0 Å². The molecular formula is C15H24O. The molecule has 1 aromatic rings. The number of rotatable bonds is 5. The molecule has 0 fully saturated rings. The first kappa shape index (κ1) is 13.2. The molecule has 90 valence electrons. The Balaban J connectivity index is 2.78. The van der Waals surface area contributed by atoms with Gasteiger partial charge in [0.15, 0.2) is 0 Å². The van der Waals surface area contributed by atoms with Crippen molar-refractivity contribution in [2.24, 2.45) is 11.3 Å². The van der Waals surface area contributed by atoms with E-state index in [1.165, 1.54) is 5.56 Å². The van der Waals surface area contributed by atoms with Gasteiger partial charge in [-0.1, -0.05) is 58.0 Å². The second kappa shape index (κ2) is 5.49. The van der Waals surface area contributed by atoms with Crippen molar-refractivity contribution in [3.05, 3.63) is 35.9 Å². The van der Waals surface area contributed by atoms with E-state index in [1.807, 2.05) is 0 Å². The summed E-state index contributed by atoms with van der Waals surface area (Å²) in [6.45, 7) is 9.33. The summed E-state index contributed by atoms with van der Waals surface area (Å²) in [6, 6.07) is 10.6. The van der Waals surface area contributed by atoms with Gasteiger partial charge in [0.25, 0.3) is 0 Å². The summed E-state index contributed by atoms with van der Waals surface area (Å²) in [7, 11) is 0. The Labute approximate surface area is 99.5 Å². The fourth-order valence-electron chi connectivity index (χ4n) is 2.24. The first-order valence-corrected chi connectivity index (χ1v) is 6.15. The van der Waals surface area contributed by atoms with Crippen LogP contribution in [0.2, 0.25) is 0 Å². The zero-order valence-corrected chi connectivity index (χ0v) is 10.9. The minimum Gasteiger partial charge on any atom is -0.396 e. The maximum atomic E-state index is 9.10. The molecule has 1 unspecified atom stereocenters. The van der Waals surface area contributed by atoms with Crippen LogP contribution in [-0.2, 0) is 0 Å². The molecule has 0 spiro atoms. The standard InChI is InChI=1S/C15H24O/c1-12(14-8-6-5-7-9-14)13(2)15(3,4)10-11-16/h5-9,12-13,16H,10-11H2,1-4H3/t12-,13?/m1/s1. The van der Waals surface area contributed by atoms with Crippen LogP contribution >= 0.6 is 0 Å². The molecule has 1 rings (SSSR count). The van der Waals surface area contributed by atoms with Crippen molar-refractivity contribution in [3.63, 3.8) is 0 Å². The van der Waals surface area contributed by atoms with Crippen LogP contribution in [-0.4, -0.2) is 11.7 Å². The second-order valence-electron chi connectivity index (χ2n) is 5.45. The Kier molecular flexibility index (Phi) is 4.55. The minimum absolute atomic E-state index is 0.185. The predicted octanol–water partition coefficient (Wildman–Crippen LogP) is 3.83. The third-order valence-electron chi connectivity index (χ3n) is 4.06. The molecule has 0 aliphatic carbocycles. The normalized spacial score (nSPS) is 15.8. The average molecular weight is 220 g/mol. The first-order valence-electron chi connectivity index (χ1n) is 6.15. The zero-order chi connectivity index (χ0) is 12.2. The lowest BCUT2D eigenvalue weighted by Crippen LogP contribution is -2.27. The highest BCUT2D eigenvalue weighted by Gasteiger charge is 2.29. The molecule has 0 saturated carbocycles. The molecule has 0 amide bonds. The minimum atomic E-state index is 0.185. The molecule has 16 heavy (non-hydrogen) atoms. The Hall–Kier alpha value is -0.820. The van der Waals surface area contributed by atoms with Gasteiger partial charge in [-0.15, -0.1) is 0 Å². The van der Waals surface area contributed by atoms with Gasteiger partial charge in [-0.05, 0) is 29.2 Å². The largest absolute Gasteiger partial charge is 0.396 e. The van der Waals surface area contributed by atoms with Crippen molar-refractivity contribution >= 4 is 0 Å². The smallest absolute Gasteiger partial charge is 0.0436 e. The van der Waals surface area contributed by atoms with Crippen molar-refractivity contribution < 1.29 is 5.11 Å². The van der Waals surface area contributed by atoms with E-state index in [2.05, 4.69) is 58.0 Å². The lowest BCUT2D eigenvalue weighted by atomic mass is 9.70. The van der Waals surface area contributed by atoms with E-state index in [-0.39, 0.29) is 12.0 Å². The maximum absolute atomic E-state index is 9.10. The number of aliphatic hydroxyl groups is 1. The maximum Gasteiger partial charge on any atom is 0.0436 e. The summed E-state index contributed by atoms with van der Waals surface area (Å²) in [5.41, 5.74) is 1.57. The third-order valence-corrected chi connectivity index (χ3v) is 4.06. The molecule has 0 saturated heterocycles. The van der Waals surface area contributed by atoms with Gasteiger partial charge in [-0.25, -0.2) is 0 Å². The van der Waals surface area contributed by atoms with E-state index in [1.54, 1.807) is 0 Å². The highest BCUT2D eigenvalue weighted by atomic mass is 16.3. The number of benzene rings is 1. The molecule has 0 aromatic heterocycles. The summed E-state index contributed by atoms with van der Waals surface area (Å²) in [6.07, 6.45) is 0.866. The number of aliphatic hydroxyl groups excluding tert-OH is 1. The van der Waals surface area contributed by atoms with Crippen LogP contribution in [0.5, 0.6) is 0 Å². The van der Waals surface area contributed by atoms with Crippen molar-refractivity contribution in [3.8, 4) is 0 Å². The Morgan fingerprint density at radius 2 is 1.69 bits per heavy atom. The van der Waals surface area contributed by atoms with Gasteiger partial charge in [-0.2, -0.15) is 0 Å². The Bertz CT molecular complexity index is 302. The molecule has 1 aromatic carbocycles. The van der Waals surface area contributed by atoms with E-state index in [0.717, 1.165) is 6.42 Å². The summed E-state index contributed by atoms with van der Waals surface area (Å²) in [4.78, 5) is 0. The molecule has 0 bridgehead atoms. The van der Waals surface area contributed by atoms with E-state index < -0.39 is 0 Å². The van der Waals surface area contributed by atoms with Gasteiger partial charge in [-0.3, -0.25) is 0 Å². The van der Waals surface area contributed by atoms with Gasteiger partial charge >= 0.3 is 0 Å². The lowest BCUT2D eigenvalue weighted by Gasteiger charge is -2.35. The van der Waals surface area contributed by atoms with Crippen LogP contribution in [0.15, 0.2) is 30.3 Å². The summed E-state index contributed by atoms with van der Waals surface area (Å²) in [5.74, 6) is 1.09. The van der Waals surface area contributed by atoms with E-state index in [4.69, 9.17) is 5.11 Å². The number of hydrogen-bond donors (Lipinski definition) is 1. The van der Waals surface area contributed by atoms with Crippen LogP contribution < -0.4 is 0 Å². The van der Waals surface area contributed by atoms with Crippen LogP contribution in [0, 0.1) is 11.3 Å². The molecule has 0 aliphatic heterocycles. The van der Waals surface area contributed by atoms with Crippen LogP contribution in [0.4, 0.5) is 0 Å². The van der Waals surface area contributed by atoms with Gasteiger partial charge in [0.1, 0.15) is 0 Å². The molecule has 1 heteroatoms. The molecule has 0 radical (unpaired) electrons. The van der Waals surface area contributed by atoms with Gasteiger partial charge < -0.3 is 5.11 Å². The molecule has 1 N–H and O–H groups in total. The summed E-state index contributed by atoms with van der Waals surface area (Å²) >= 11 is 0. The van der Waals surface area contributed by atoms with Crippen molar-refractivity contribution in [1.82, 2.24) is 0 Å². The SMILES string of the molecule is CC([C@@H](C)c1ccccc1)C(C)(C)CCO. The third kappa shape index (κ3) is 3.08. The highest BCUT2D eigenvalue weighted by molar-refractivity contribution is 5.19. The van der Waals surface area contributed by atoms with E-state index in [0.29, 0.717) is 11.8 Å². The lowest BCUT2D eigenvalue weighted by molar-refractivity contribution is 0.139. The van der Waals surface area contributed by atoms with Crippen molar-refractivity contribution in [2.75, 3.05) is 6.61 Å². The summed E-state index contributed by atoms with van der Waals surface area (Å²) in [5, 5.41) is 9.10. The molecule has 0 heterocycles. The quantitative estimate of drug-likeness (QED) is 0.799. The van der Waals surface area contributed by atoms with Crippen LogP contribution in [0.1, 0.15) is 45.6 Å². The zero-order valence-electron chi connectivity index (χ0n) is 10.9. The molecular weight excluding hydrogens is 196 g/mol. The monoisotopic (exact) mass is 220 g/mol. The molecule has 2 atom stereocenters. The van der Waals surface area contributed by atoms with Crippen molar-refractivity contribution in [2.45, 2.75) is 40.0 Å². The second-order valence-corrected chi connectivity index (χ2v) is 5.45. The molecule has 0 aliphatic rings. The highest BCUT2D eigenvalue weighted by Crippen LogP contribution is 2.39. The predicted molar refractivity (Wildman–Crippen MR) is 69.5 cm³/mol. The fourth-order valence-corrected chi connectivity index (χ4v) is 2.24. The molecule has 1 nitrogen and oxygen atoms in total. The Morgan fingerprint density at radius 1 is 1.12 bits per heavy atom. The first-order chi connectivity index (χ1) is 7.49. The van der Waals surface area contributed by atoms with E-state index in [9.17, 15) is 0 Å². The van der Waals surface area contributed by atoms with E-state index >= 15 is 0 Å². The average Bonchev–Trinajstić information content (AvgIpc) is 2.28. The fraction of sp³-hybridized carbons (Fsp3) is 0.600.